The molecule has 0 bridgehead atoms. The number of nitrogen functional groups attached to an aromatic ring is 1. The van der Waals surface area contributed by atoms with E-state index in [1.807, 2.05) is 54.6 Å². The van der Waals surface area contributed by atoms with E-state index in [0.717, 1.165) is 33.7 Å². The second-order valence-electron chi connectivity index (χ2n) is 6.49. The lowest BCUT2D eigenvalue weighted by Crippen LogP contribution is -1.96. The number of benzene rings is 2. The molecule has 2 heterocycles. The van der Waals surface area contributed by atoms with Crippen molar-refractivity contribution in [3.05, 3.63) is 112 Å². The Hall–Kier alpha value is -3.14. The number of anilines is 1. The molecule has 29 heavy (non-hydrogen) atoms. The molecule has 4 aromatic rings. The Bertz CT molecular complexity index is 1170. The van der Waals surface area contributed by atoms with Crippen LogP contribution in [0, 0.1) is 0 Å². The molecule has 0 atom stereocenters. The summed E-state index contributed by atoms with van der Waals surface area (Å²) in [5.41, 5.74) is 12.0. The van der Waals surface area contributed by atoms with E-state index >= 15 is 0 Å². The van der Waals surface area contributed by atoms with E-state index in [4.69, 9.17) is 28.9 Å². The van der Waals surface area contributed by atoms with Gasteiger partial charge < -0.3 is 5.73 Å². The summed E-state index contributed by atoms with van der Waals surface area (Å²) in [7, 11) is 0. The highest BCUT2D eigenvalue weighted by Gasteiger charge is 2.11. The quantitative estimate of drug-likeness (QED) is 0.379. The first-order chi connectivity index (χ1) is 14.1. The molecule has 0 spiro atoms. The van der Waals surface area contributed by atoms with Crippen LogP contribution in [0.1, 0.15) is 17.0 Å². The molecule has 0 aliphatic heterocycles. The third-order valence-electron chi connectivity index (χ3n) is 4.47. The third-order valence-corrected chi connectivity index (χ3v) is 4.94. The normalized spacial score (nSPS) is 11.4. The summed E-state index contributed by atoms with van der Waals surface area (Å²) < 4.78 is 0. The fourth-order valence-electron chi connectivity index (χ4n) is 3.04. The molecule has 142 valence electrons. The van der Waals surface area contributed by atoms with Crippen molar-refractivity contribution in [3.63, 3.8) is 0 Å². The lowest BCUT2D eigenvalue weighted by molar-refractivity contribution is 1.23. The van der Waals surface area contributed by atoms with Crippen LogP contribution in [0.3, 0.4) is 0 Å². The summed E-state index contributed by atoms with van der Waals surface area (Å²) in [6.07, 6.45) is 5.53. The molecule has 2 aromatic heterocycles. The first-order valence-corrected chi connectivity index (χ1v) is 9.76. The maximum absolute atomic E-state index is 6.20. The number of rotatable bonds is 4. The first-order valence-electron chi connectivity index (χ1n) is 9.01. The van der Waals surface area contributed by atoms with Crippen LogP contribution in [0.2, 0.25) is 10.0 Å². The predicted octanol–water partition coefficient (Wildman–Crippen LogP) is 6.62. The highest BCUT2D eigenvalue weighted by atomic mass is 35.5. The largest absolute Gasteiger partial charge is 0.398 e. The highest BCUT2D eigenvalue weighted by molar-refractivity contribution is 6.31. The fourth-order valence-corrected chi connectivity index (χ4v) is 3.37. The summed E-state index contributed by atoms with van der Waals surface area (Å²) in [6.45, 7) is 0. The summed E-state index contributed by atoms with van der Waals surface area (Å²) in [5.74, 6) is 0. The molecule has 2 aromatic carbocycles. The molecule has 0 unspecified atom stereocenters. The van der Waals surface area contributed by atoms with Gasteiger partial charge in [0.05, 0.1) is 11.4 Å². The van der Waals surface area contributed by atoms with E-state index in [1.165, 1.54) is 0 Å². The lowest BCUT2D eigenvalue weighted by atomic mass is 10.0. The molecule has 0 amide bonds. The number of halogens is 2. The van der Waals surface area contributed by atoms with E-state index in [2.05, 4.69) is 16.0 Å². The van der Waals surface area contributed by atoms with Crippen LogP contribution in [0.15, 0.2) is 85.2 Å². The Labute approximate surface area is 179 Å². The summed E-state index contributed by atoms with van der Waals surface area (Å²) >= 11 is 12.3. The number of nitrogens with zero attached hydrogens (tertiary/aromatic N) is 2. The molecule has 0 fully saturated rings. The average Bonchev–Trinajstić information content (AvgIpc) is 2.75. The van der Waals surface area contributed by atoms with Crippen molar-refractivity contribution in [1.29, 1.82) is 0 Å². The van der Waals surface area contributed by atoms with Gasteiger partial charge in [-0.1, -0.05) is 59.6 Å². The fraction of sp³-hybridized carbons (Fsp3) is 0. The van der Waals surface area contributed by atoms with Crippen molar-refractivity contribution < 1.29 is 0 Å². The van der Waals surface area contributed by atoms with Crippen molar-refractivity contribution in [2.24, 2.45) is 0 Å². The van der Waals surface area contributed by atoms with Crippen molar-refractivity contribution in [2.45, 2.75) is 0 Å². The van der Waals surface area contributed by atoms with Crippen molar-refractivity contribution in [1.82, 2.24) is 9.97 Å². The summed E-state index contributed by atoms with van der Waals surface area (Å²) in [5, 5.41) is 1.25. The Morgan fingerprint density at radius 3 is 2.31 bits per heavy atom. The van der Waals surface area contributed by atoms with Gasteiger partial charge in [0, 0.05) is 44.8 Å². The van der Waals surface area contributed by atoms with E-state index in [-0.39, 0.29) is 0 Å². The van der Waals surface area contributed by atoms with Gasteiger partial charge in [0.2, 0.25) is 0 Å². The zero-order valence-corrected chi connectivity index (χ0v) is 16.9. The number of hydrogen-bond donors (Lipinski definition) is 1. The number of pyridine rings is 2. The Morgan fingerprint density at radius 2 is 1.59 bits per heavy atom. The number of hydrogen-bond acceptors (Lipinski definition) is 3. The molecule has 0 aliphatic rings. The van der Waals surface area contributed by atoms with Crippen LogP contribution in [0.5, 0.6) is 0 Å². The molecule has 2 N–H and O–H groups in total. The van der Waals surface area contributed by atoms with Crippen LogP contribution in [-0.4, -0.2) is 9.97 Å². The minimum atomic E-state index is 0.622. The van der Waals surface area contributed by atoms with Crippen LogP contribution in [-0.2, 0) is 0 Å². The minimum Gasteiger partial charge on any atom is -0.398 e. The Kier molecular flexibility index (Phi) is 5.61. The van der Waals surface area contributed by atoms with E-state index in [1.54, 1.807) is 30.6 Å². The molecular formula is C24H17Cl2N3. The van der Waals surface area contributed by atoms with Crippen molar-refractivity contribution in [3.8, 4) is 11.1 Å². The molecule has 0 aliphatic carbocycles. The van der Waals surface area contributed by atoms with Gasteiger partial charge in [0.15, 0.2) is 0 Å². The maximum atomic E-state index is 6.20. The van der Waals surface area contributed by atoms with Crippen LogP contribution in [0.4, 0.5) is 5.69 Å². The number of aromatic nitrogens is 2. The molecule has 5 heteroatoms. The van der Waals surface area contributed by atoms with Crippen LogP contribution >= 0.6 is 23.2 Å². The highest BCUT2D eigenvalue weighted by Crippen LogP contribution is 2.30. The Balaban J connectivity index is 1.79. The van der Waals surface area contributed by atoms with E-state index in [0.29, 0.717) is 15.7 Å². The topological polar surface area (TPSA) is 51.8 Å². The van der Waals surface area contributed by atoms with Gasteiger partial charge in [-0.15, -0.1) is 0 Å². The average molecular weight is 418 g/mol. The van der Waals surface area contributed by atoms with Gasteiger partial charge in [-0.05, 0) is 48.0 Å². The smallest absolute Gasteiger partial charge is 0.0738 e. The van der Waals surface area contributed by atoms with Crippen molar-refractivity contribution >= 4 is 40.5 Å². The minimum absolute atomic E-state index is 0.622. The summed E-state index contributed by atoms with van der Waals surface area (Å²) in [6, 6.07) is 23.0. The molecule has 0 saturated carbocycles. The summed E-state index contributed by atoms with van der Waals surface area (Å²) in [4.78, 5) is 9.17. The zero-order chi connectivity index (χ0) is 20.2. The second-order valence-corrected chi connectivity index (χ2v) is 7.36. The van der Waals surface area contributed by atoms with Gasteiger partial charge in [-0.2, -0.15) is 0 Å². The predicted molar refractivity (Wildman–Crippen MR) is 122 cm³/mol. The SMILES string of the molecule is Nc1ccc(Cl)cc1-c1ccc(C(=Cc2ccccc2)c2cc(Cl)ccn2)nc1. The van der Waals surface area contributed by atoms with Gasteiger partial charge in [0.25, 0.3) is 0 Å². The Morgan fingerprint density at radius 1 is 0.793 bits per heavy atom. The standard InChI is InChI=1S/C24H17Cl2N3/c25-18-7-8-22(27)20(13-18)17-6-9-23(29-15-17)21(12-16-4-2-1-3-5-16)24-14-19(26)10-11-28-24/h1-15H,27H2. The van der Waals surface area contributed by atoms with Crippen LogP contribution in [0.25, 0.3) is 22.8 Å². The third kappa shape index (κ3) is 4.48. The molecule has 0 saturated heterocycles. The van der Waals surface area contributed by atoms with E-state index < -0.39 is 0 Å². The molecule has 4 rings (SSSR count). The number of nitrogens with two attached hydrogens (primary N) is 1. The maximum Gasteiger partial charge on any atom is 0.0738 e. The van der Waals surface area contributed by atoms with Gasteiger partial charge in [-0.25, -0.2) is 0 Å². The van der Waals surface area contributed by atoms with Crippen LogP contribution < -0.4 is 5.73 Å². The van der Waals surface area contributed by atoms with E-state index in [9.17, 15) is 0 Å². The molecule has 0 radical (unpaired) electrons. The zero-order valence-electron chi connectivity index (χ0n) is 15.4. The van der Waals surface area contributed by atoms with Crippen molar-refractivity contribution in [2.75, 3.05) is 5.73 Å². The lowest BCUT2D eigenvalue weighted by Gasteiger charge is -2.10. The first kappa shape index (κ1) is 19.2. The van der Waals surface area contributed by atoms with Gasteiger partial charge in [0.1, 0.15) is 0 Å². The monoisotopic (exact) mass is 417 g/mol. The van der Waals surface area contributed by atoms with Gasteiger partial charge >= 0.3 is 0 Å². The second kappa shape index (κ2) is 8.48. The molecule has 3 nitrogen and oxygen atoms in total. The van der Waals surface area contributed by atoms with Gasteiger partial charge in [-0.3, -0.25) is 9.97 Å². The molecular weight excluding hydrogens is 401 g/mol.